The van der Waals surface area contributed by atoms with Crippen molar-refractivity contribution in [3.63, 3.8) is 0 Å². The fraction of sp³-hybridized carbons (Fsp3) is 0.125. The van der Waals surface area contributed by atoms with Crippen LogP contribution in [0.5, 0.6) is 5.75 Å². The maximum Gasteiger partial charge on any atom is 0.233 e. The first kappa shape index (κ1) is 15.9. The summed E-state index contributed by atoms with van der Waals surface area (Å²) in [5, 5.41) is 5.71. The number of amides is 2. The zero-order valence-electron chi connectivity index (χ0n) is 11.9. The number of carbonyl (C=O) groups is 2. The molecule has 5 nitrogen and oxygen atoms in total. The van der Waals surface area contributed by atoms with Gasteiger partial charge in [-0.15, -0.1) is 0 Å². The van der Waals surface area contributed by atoms with Crippen molar-refractivity contribution in [1.29, 1.82) is 0 Å². The lowest BCUT2D eigenvalue weighted by Gasteiger charge is -2.10. The molecule has 0 saturated heterocycles. The highest BCUT2D eigenvalue weighted by molar-refractivity contribution is 6.31. The second-order valence-corrected chi connectivity index (χ2v) is 4.92. The van der Waals surface area contributed by atoms with E-state index < -0.39 is 11.8 Å². The van der Waals surface area contributed by atoms with Crippen molar-refractivity contribution in [1.82, 2.24) is 0 Å². The van der Waals surface area contributed by atoms with Crippen LogP contribution in [0.1, 0.15) is 6.42 Å². The highest BCUT2D eigenvalue weighted by Gasteiger charge is 2.12. The van der Waals surface area contributed by atoms with Crippen LogP contribution < -0.4 is 15.4 Å². The second-order valence-electron chi connectivity index (χ2n) is 4.48. The summed E-state index contributed by atoms with van der Waals surface area (Å²) < 4.78 is 5.13. The van der Waals surface area contributed by atoms with Crippen LogP contribution >= 0.6 is 11.6 Å². The van der Waals surface area contributed by atoms with E-state index in [0.29, 0.717) is 22.1 Å². The van der Waals surface area contributed by atoms with E-state index in [4.69, 9.17) is 16.3 Å². The van der Waals surface area contributed by atoms with Crippen LogP contribution in [0.4, 0.5) is 11.4 Å². The summed E-state index contributed by atoms with van der Waals surface area (Å²) in [6.45, 7) is 0. The minimum Gasteiger partial charge on any atom is -0.495 e. The number of hydrogen-bond donors (Lipinski definition) is 2. The SMILES string of the molecule is COc1ccc(Cl)cc1NC(=O)CC(=O)Nc1ccccc1. The van der Waals surface area contributed by atoms with Gasteiger partial charge >= 0.3 is 0 Å². The summed E-state index contributed by atoms with van der Waals surface area (Å²) in [7, 11) is 1.49. The standard InChI is InChI=1S/C16H15ClN2O3/c1-22-14-8-7-11(17)9-13(14)19-16(21)10-15(20)18-12-5-3-2-4-6-12/h2-9H,10H2,1H3,(H,18,20)(H,19,21). The lowest BCUT2D eigenvalue weighted by Crippen LogP contribution is -2.21. The molecule has 0 spiro atoms. The predicted molar refractivity (Wildman–Crippen MR) is 86.3 cm³/mol. The second kappa shape index (κ2) is 7.47. The Bertz CT molecular complexity index is 674. The maximum absolute atomic E-state index is 11.9. The molecule has 22 heavy (non-hydrogen) atoms. The van der Waals surface area contributed by atoms with Gasteiger partial charge in [0.1, 0.15) is 12.2 Å². The molecule has 0 unspecified atom stereocenters. The Balaban J connectivity index is 1.95. The van der Waals surface area contributed by atoms with Crippen molar-refractivity contribution in [3.05, 3.63) is 53.6 Å². The lowest BCUT2D eigenvalue weighted by atomic mass is 10.2. The van der Waals surface area contributed by atoms with E-state index in [1.807, 2.05) is 6.07 Å². The molecule has 2 N–H and O–H groups in total. The number of anilines is 2. The van der Waals surface area contributed by atoms with Crippen LogP contribution in [0, 0.1) is 0 Å². The first-order valence-corrected chi connectivity index (χ1v) is 6.94. The molecule has 0 radical (unpaired) electrons. The molecule has 0 heterocycles. The molecule has 0 atom stereocenters. The number of rotatable bonds is 5. The highest BCUT2D eigenvalue weighted by atomic mass is 35.5. The van der Waals surface area contributed by atoms with Gasteiger partial charge in [-0.3, -0.25) is 9.59 Å². The van der Waals surface area contributed by atoms with E-state index in [-0.39, 0.29) is 6.42 Å². The van der Waals surface area contributed by atoms with Gasteiger partial charge in [0.15, 0.2) is 0 Å². The van der Waals surface area contributed by atoms with Gasteiger partial charge in [-0.1, -0.05) is 29.8 Å². The molecule has 0 aliphatic rings. The Kier molecular flexibility index (Phi) is 5.38. The zero-order chi connectivity index (χ0) is 15.9. The fourth-order valence-corrected chi connectivity index (χ4v) is 2.02. The predicted octanol–water partition coefficient (Wildman–Crippen LogP) is 3.32. The van der Waals surface area contributed by atoms with Crippen LogP contribution in [0.2, 0.25) is 5.02 Å². The Morgan fingerprint density at radius 1 is 1.05 bits per heavy atom. The number of benzene rings is 2. The maximum atomic E-state index is 11.9. The summed E-state index contributed by atoms with van der Waals surface area (Å²) in [6, 6.07) is 13.8. The van der Waals surface area contributed by atoms with E-state index in [9.17, 15) is 9.59 Å². The summed E-state index contributed by atoms with van der Waals surface area (Å²) in [5.41, 5.74) is 1.06. The average Bonchev–Trinajstić information content (AvgIpc) is 2.48. The van der Waals surface area contributed by atoms with E-state index in [1.165, 1.54) is 7.11 Å². The monoisotopic (exact) mass is 318 g/mol. The average molecular weight is 319 g/mol. The molecule has 0 saturated carbocycles. The zero-order valence-corrected chi connectivity index (χ0v) is 12.7. The summed E-state index contributed by atoms with van der Waals surface area (Å²) >= 11 is 5.88. The van der Waals surface area contributed by atoms with Gasteiger partial charge in [0.25, 0.3) is 0 Å². The van der Waals surface area contributed by atoms with Crippen LogP contribution in [0.15, 0.2) is 48.5 Å². The van der Waals surface area contributed by atoms with E-state index in [2.05, 4.69) is 10.6 Å². The van der Waals surface area contributed by atoms with E-state index in [1.54, 1.807) is 42.5 Å². The Morgan fingerprint density at radius 3 is 2.41 bits per heavy atom. The van der Waals surface area contributed by atoms with Gasteiger partial charge in [-0.25, -0.2) is 0 Å². The van der Waals surface area contributed by atoms with Crippen molar-refractivity contribution in [2.24, 2.45) is 0 Å². The summed E-state index contributed by atoms with van der Waals surface area (Å²) in [6.07, 6.45) is -0.301. The molecule has 0 aliphatic carbocycles. The number of hydrogen-bond acceptors (Lipinski definition) is 3. The van der Waals surface area contributed by atoms with Gasteiger partial charge in [0, 0.05) is 10.7 Å². The molecule has 114 valence electrons. The van der Waals surface area contributed by atoms with Gasteiger partial charge in [0.05, 0.1) is 12.8 Å². The number of nitrogens with one attached hydrogen (secondary N) is 2. The third-order valence-corrected chi connectivity index (χ3v) is 3.05. The quantitative estimate of drug-likeness (QED) is 0.831. The number of para-hydroxylation sites is 1. The minimum absolute atomic E-state index is 0.301. The fourth-order valence-electron chi connectivity index (χ4n) is 1.84. The van der Waals surface area contributed by atoms with E-state index >= 15 is 0 Å². The van der Waals surface area contributed by atoms with Crippen molar-refractivity contribution in [2.45, 2.75) is 6.42 Å². The van der Waals surface area contributed by atoms with Gasteiger partial charge in [-0.2, -0.15) is 0 Å². The van der Waals surface area contributed by atoms with Gasteiger partial charge < -0.3 is 15.4 Å². The Hall–Kier alpha value is -2.53. The molecule has 2 amide bonds. The third-order valence-electron chi connectivity index (χ3n) is 2.81. The number of ether oxygens (including phenoxy) is 1. The van der Waals surface area contributed by atoms with Crippen molar-refractivity contribution < 1.29 is 14.3 Å². The molecule has 0 aliphatic heterocycles. The Morgan fingerprint density at radius 2 is 1.73 bits per heavy atom. The summed E-state index contributed by atoms with van der Waals surface area (Å²) in [4.78, 5) is 23.7. The molecule has 6 heteroatoms. The molecule has 2 aromatic carbocycles. The molecular formula is C16H15ClN2O3. The number of halogens is 1. The van der Waals surface area contributed by atoms with Crippen molar-refractivity contribution >= 4 is 34.8 Å². The van der Waals surface area contributed by atoms with Crippen LogP contribution in [-0.2, 0) is 9.59 Å². The Labute approximate surface area is 133 Å². The normalized spacial score (nSPS) is 9.91. The van der Waals surface area contributed by atoms with Crippen LogP contribution in [-0.4, -0.2) is 18.9 Å². The largest absolute Gasteiger partial charge is 0.495 e. The number of methoxy groups -OCH3 is 1. The molecule has 0 fully saturated rings. The van der Waals surface area contributed by atoms with Crippen molar-refractivity contribution in [2.75, 3.05) is 17.7 Å². The minimum atomic E-state index is -0.450. The first-order valence-electron chi connectivity index (χ1n) is 6.57. The van der Waals surface area contributed by atoms with E-state index in [0.717, 1.165) is 0 Å². The topological polar surface area (TPSA) is 67.4 Å². The van der Waals surface area contributed by atoms with Crippen LogP contribution in [0.25, 0.3) is 0 Å². The molecule has 0 aromatic heterocycles. The molecule has 2 aromatic rings. The van der Waals surface area contributed by atoms with Gasteiger partial charge in [0.2, 0.25) is 11.8 Å². The third kappa shape index (κ3) is 4.49. The van der Waals surface area contributed by atoms with Crippen LogP contribution in [0.3, 0.4) is 0 Å². The van der Waals surface area contributed by atoms with Gasteiger partial charge in [-0.05, 0) is 30.3 Å². The molecular weight excluding hydrogens is 304 g/mol. The first-order chi connectivity index (χ1) is 10.6. The number of carbonyl (C=O) groups excluding carboxylic acids is 2. The molecule has 2 rings (SSSR count). The highest BCUT2D eigenvalue weighted by Crippen LogP contribution is 2.27. The molecule has 0 bridgehead atoms. The lowest BCUT2D eigenvalue weighted by molar-refractivity contribution is -0.123. The van der Waals surface area contributed by atoms with Crippen molar-refractivity contribution in [3.8, 4) is 5.75 Å². The summed E-state index contributed by atoms with van der Waals surface area (Å²) in [5.74, 6) is -0.375. The smallest absolute Gasteiger partial charge is 0.233 e.